The summed E-state index contributed by atoms with van der Waals surface area (Å²) >= 11 is 0. The fourth-order valence-electron chi connectivity index (χ4n) is 6.32. The summed E-state index contributed by atoms with van der Waals surface area (Å²) in [5.74, 6) is 0. The predicted molar refractivity (Wildman–Crippen MR) is 179 cm³/mol. The second kappa shape index (κ2) is 10.3. The Bertz CT molecular complexity index is 2020. The Labute approximate surface area is 264 Å². The van der Waals surface area contributed by atoms with Gasteiger partial charge in [-0.2, -0.15) is 0 Å². The maximum Gasteiger partial charge on any atom is 0.277 e. The first-order chi connectivity index (χ1) is 22.0. The van der Waals surface area contributed by atoms with Crippen LogP contribution in [-0.4, -0.2) is 31.2 Å². The fraction of sp³-hybridized carbons (Fsp3) is 0.167. The molecular formula is C36H30N6O4. The molecule has 10 heteroatoms. The topological polar surface area (TPSA) is 143 Å². The number of nitro groups is 2. The van der Waals surface area contributed by atoms with Gasteiger partial charge in [0.25, 0.3) is 11.4 Å². The van der Waals surface area contributed by atoms with E-state index in [4.69, 9.17) is 9.98 Å². The molecule has 2 aromatic carbocycles. The van der Waals surface area contributed by atoms with Crippen LogP contribution in [0.1, 0.15) is 61.6 Å². The van der Waals surface area contributed by atoms with E-state index in [0.29, 0.717) is 45.1 Å². The Hall–Kier alpha value is -5.90. The lowest BCUT2D eigenvalue weighted by atomic mass is 9.82. The summed E-state index contributed by atoms with van der Waals surface area (Å²) in [4.78, 5) is 40.8. The highest BCUT2D eigenvalue weighted by Crippen LogP contribution is 2.42. The van der Waals surface area contributed by atoms with Crippen molar-refractivity contribution in [2.45, 2.75) is 33.1 Å². The molecule has 3 aliphatic rings. The van der Waals surface area contributed by atoms with E-state index in [0.717, 1.165) is 22.8 Å². The Balaban J connectivity index is 1.53. The van der Waals surface area contributed by atoms with Crippen LogP contribution in [0.5, 0.6) is 0 Å². The number of nitrogens with zero attached hydrogens (tertiary/aromatic N) is 4. The van der Waals surface area contributed by atoms with Crippen LogP contribution in [0, 0.1) is 25.6 Å². The van der Waals surface area contributed by atoms with E-state index >= 15 is 0 Å². The molecular weight excluding hydrogens is 580 g/mol. The fourth-order valence-corrected chi connectivity index (χ4v) is 6.32. The van der Waals surface area contributed by atoms with Crippen molar-refractivity contribution >= 4 is 33.9 Å². The van der Waals surface area contributed by atoms with Crippen molar-refractivity contribution in [3.63, 3.8) is 0 Å². The van der Waals surface area contributed by atoms with Gasteiger partial charge in [0.05, 0.1) is 43.8 Å². The van der Waals surface area contributed by atoms with E-state index in [1.165, 1.54) is 12.1 Å². The van der Waals surface area contributed by atoms with Crippen LogP contribution >= 0.6 is 0 Å². The van der Waals surface area contributed by atoms with Crippen molar-refractivity contribution in [1.29, 1.82) is 0 Å². The lowest BCUT2D eigenvalue weighted by Crippen LogP contribution is -2.30. The molecule has 0 unspecified atom stereocenters. The lowest BCUT2D eigenvalue weighted by Gasteiger charge is -2.24. The number of para-hydroxylation sites is 2. The molecule has 0 saturated carbocycles. The first-order valence-corrected chi connectivity index (χ1v) is 14.9. The third kappa shape index (κ3) is 4.49. The average molecular weight is 611 g/mol. The molecule has 3 aliphatic heterocycles. The van der Waals surface area contributed by atoms with Gasteiger partial charge in [-0.25, -0.2) is 0 Å². The highest BCUT2D eigenvalue weighted by Gasteiger charge is 2.35. The van der Waals surface area contributed by atoms with E-state index in [9.17, 15) is 20.2 Å². The van der Waals surface area contributed by atoms with Gasteiger partial charge >= 0.3 is 0 Å². The standard InChI is InChI=1S/C36H30N6O4/c1-35(2)29-17-13-23(37-29)33(21-9-5-7-11-27(21)41(43)44)25-15-19-31(39-25)36(3,4)32-20-16-26(40-32)34(24-14-18-30(35)38-24)22-10-6-8-12-28(22)42(45)46/h5-20,37-38H,1-4H3/b33-25-,34-26-. The van der Waals surface area contributed by atoms with Gasteiger partial charge in [-0.15, -0.1) is 0 Å². The normalized spacial score (nSPS) is 20.9. The molecule has 0 aliphatic carbocycles. The van der Waals surface area contributed by atoms with Crippen LogP contribution in [0.2, 0.25) is 0 Å². The maximum absolute atomic E-state index is 12.2. The third-order valence-corrected chi connectivity index (χ3v) is 9.07. The summed E-state index contributed by atoms with van der Waals surface area (Å²) in [5, 5.41) is 24.3. The van der Waals surface area contributed by atoms with Crippen LogP contribution in [0.15, 0.2) is 118 Å². The number of hydrogen-bond acceptors (Lipinski definition) is 6. The molecule has 2 aromatic heterocycles. The molecule has 4 aromatic rings. The molecule has 0 amide bonds. The van der Waals surface area contributed by atoms with Crippen LogP contribution in [0.4, 0.5) is 11.4 Å². The molecule has 5 heterocycles. The molecule has 0 atom stereocenters. The smallest absolute Gasteiger partial charge is 0.277 e. The van der Waals surface area contributed by atoms with Gasteiger partial charge in [0, 0.05) is 56.9 Å². The minimum Gasteiger partial charge on any atom is -0.358 e. The first kappa shape index (κ1) is 28.8. The Morgan fingerprint density at radius 1 is 0.565 bits per heavy atom. The summed E-state index contributed by atoms with van der Waals surface area (Å²) in [6.45, 7) is 8.17. The van der Waals surface area contributed by atoms with E-state index < -0.39 is 10.8 Å². The van der Waals surface area contributed by atoms with Crippen molar-refractivity contribution in [2.24, 2.45) is 15.4 Å². The Morgan fingerprint density at radius 2 is 0.978 bits per heavy atom. The molecule has 46 heavy (non-hydrogen) atoms. The molecule has 0 spiro atoms. The second-order valence-corrected chi connectivity index (χ2v) is 12.6. The van der Waals surface area contributed by atoms with Crippen LogP contribution in [0.25, 0.3) is 11.1 Å². The summed E-state index contributed by atoms with van der Waals surface area (Å²) in [6, 6.07) is 21.2. The zero-order chi connectivity index (χ0) is 32.4. The number of nitrogens with one attached hydrogen (secondary N) is 2. The number of aromatic amines is 2. The van der Waals surface area contributed by atoms with Gasteiger partial charge < -0.3 is 9.97 Å². The van der Waals surface area contributed by atoms with Crippen LogP contribution in [0.3, 0.4) is 0 Å². The van der Waals surface area contributed by atoms with Gasteiger partial charge in [-0.05, 0) is 88.4 Å². The highest BCUT2D eigenvalue weighted by atomic mass is 16.6. The van der Waals surface area contributed by atoms with Crippen molar-refractivity contribution in [3.8, 4) is 0 Å². The monoisotopic (exact) mass is 610 g/mol. The minimum atomic E-state index is -0.668. The zero-order valence-corrected chi connectivity index (χ0v) is 25.7. The first-order valence-electron chi connectivity index (χ1n) is 14.9. The number of benzene rings is 2. The summed E-state index contributed by atoms with van der Waals surface area (Å²) < 4.78 is 0. The quantitative estimate of drug-likeness (QED) is 0.178. The Kier molecular flexibility index (Phi) is 6.48. The van der Waals surface area contributed by atoms with Gasteiger partial charge in [-0.1, -0.05) is 24.3 Å². The zero-order valence-electron chi connectivity index (χ0n) is 25.7. The van der Waals surface area contributed by atoms with E-state index in [1.54, 1.807) is 36.4 Å². The molecule has 2 N–H and O–H groups in total. The van der Waals surface area contributed by atoms with E-state index in [-0.39, 0.29) is 21.2 Å². The SMILES string of the molecule is CC1(C)C2=N/C(=C(/c3ccccc3[N+](=O)[O-])c3ccc([nH]3)C(C)(C)c3ccc([nH]3)/C(c3ccccc3[N+](=O)[O-])=C3/C=CC1=N3)C=C2. The highest BCUT2D eigenvalue weighted by molar-refractivity contribution is 6.22. The largest absolute Gasteiger partial charge is 0.358 e. The summed E-state index contributed by atoms with van der Waals surface area (Å²) in [7, 11) is 0. The maximum atomic E-state index is 12.2. The number of aromatic nitrogens is 2. The summed E-state index contributed by atoms with van der Waals surface area (Å²) in [6.07, 6.45) is 7.62. The third-order valence-electron chi connectivity index (χ3n) is 9.07. The molecule has 8 bridgehead atoms. The number of H-pyrrole nitrogens is 2. The second-order valence-electron chi connectivity index (χ2n) is 12.6. The molecule has 0 fully saturated rings. The van der Waals surface area contributed by atoms with Gasteiger partial charge in [-0.3, -0.25) is 30.2 Å². The van der Waals surface area contributed by atoms with Crippen LogP contribution < -0.4 is 0 Å². The average Bonchev–Trinajstić information content (AvgIpc) is 3.85. The van der Waals surface area contributed by atoms with Gasteiger partial charge in [0.15, 0.2) is 0 Å². The van der Waals surface area contributed by atoms with Crippen molar-refractivity contribution in [3.05, 3.63) is 163 Å². The number of allylic oxidation sites excluding steroid dienone is 4. The molecule has 228 valence electrons. The van der Waals surface area contributed by atoms with E-state index in [1.807, 2.05) is 62.4 Å². The number of hydrogen-bond donors (Lipinski definition) is 2. The number of fused-ring (bicyclic) bond motifs is 6. The number of aliphatic imine (C=N–C) groups is 2. The van der Waals surface area contributed by atoms with E-state index in [2.05, 4.69) is 23.8 Å². The summed E-state index contributed by atoms with van der Waals surface area (Å²) in [5.41, 5.74) is 6.67. The van der Waals surface area contributed by atoms with Crippen molar-refractivity contribution in [1.82, 2.24) is 9.97 Å². The molecule has 0 radical (unpaired) electrons. The number of rotatable bonds is 4. The molecule has 7 rings (SSSR count). The Morgan fingerprint density at radius 3 is 1.39 bits per heavy atom. The minimum absolute atomic E-state index is 0.0134. The van der Waals surface area contributed by atoms with Gasteiger partial charge in [0.1, 0.15) is 0 Å². The molecule has 0 saturated heterocycles. The lowest BCUT2D eigenvalue weighted by molar-refractivity contribution is -0.385. The van der Waals surface area contributed by atoms with Gasteiger partial charge in [0.2, 0.25) is 0 Å². The van der Waals surface area contributed by atoms with Crippen LogP contribution in [-0.2, 0) is 5.41 Å². The molecule has 10 nitrogen and oxygen atoms in total. The number of nitro benzene ring substituents is 2. The predicted octanol–water partition coefficient (Wildman–Crippen LogP) is 8.07. The van der Waals surface area contributed by atoms with Crippen molar-refractivity contribution < 1.29 is 9.85 Å². The van der Waals surface area contributed by atoms with Crippen molar-refractivity contribution in [2.75, 3.05) is 0 Å².